The fourth-order valence-corrected chi connectivity index (χ4v) is 3.37. The van der Waals surface area contributed by atoms with E-state index in [1.807, 2.05) is 16.4 Å². The molecule has 0 saturated carbocycles. The van der Waals surface area contributed by atoms with Crippen LogP contribution in [0.4, 0.5) is 18.3 Å². The molecular weight excluding hydrogens is 317 g/mol. The number of alkyl halides is 3. The average molecular weight is 332 g/mol. The van der Waals surface area contributed by atoms with E-state index >= 15 is 0 Å². The third-order valence-corrected chi connectivity index (χ3v) is 4.80. The van der Waals surface area contributed by atoms with Gasteiger partial charge in [-0.1, -0.05) is 11.3 Å². The Kier molecular flexibility index (Phi) is 4.02. The van der Waals surface area contributed by atoms with Crippen molar-refractivity contribution in [3.8, 4) is 0 Å². The molecule has 0 bridgehead atoms. The minimum atomic E-state index is -4.42. The molecular formula is C12H15F3N6S. The van der Waals surface area contributed by atoms with Gasteiger partial charge in [0.1, 0.15) is 12.2 Å². The molecule has 1 saturated heterocycles. The summed E-state index contributed by atoms with van der Waals surface area (Å²) in [6.07, 6.45) is -1.08. The first-order valence-corrected chi connectivity index (χ1v) is 7.84. The molecule has 2 aromatic heterocycles. The Labute approximate surface area is 129 Å². The van der Waals surface area contributed by atoms with Gasteiger partial charge in [-0.15, -0.1) is 20.4 Å². The number of piperidine rings is 1. The van der Waals surface area contributed by atoms with E-state index in [2.05, 4.69) is 20.4 Å². The highest BCUT2D eigenvalue weighted by atomic mass is 32.1. The SMILES string of the molecule is CCn1cnnc1C1CCN(c2nnc(C(F)(F)F)s2)CC1. The lowest BCUT2D eigenvalue weighted by Crippen LogP contribution is -2.33. The summed E-state index contributed by atoms with van der Waals surface area (Å²) in [5, 5.41) is 14.4. The third-order valence-electron chi connectivity index (χ3n) is 3.77. The van der Waals surface area contributed by atoms with Gasteiger partial charge in [-0.25, -0.2) is 0 Å². The molecule has 6 nitrogen and oxygen atoms in total. The van der Waals surface area contributed by atoms with Crippen LogP contribution in [-0.4, -0.2) is 38.1 Å². The van der Waals surface area contributed by atoms with Crippen molar-refractivity contribution in [3.05, 3.63) is 17.2 Å². The standard InChI is InChI=1S/C12H15F3N6S/c1-2-20-7-16-17-9(20)8-3-5-21(6-4-8)11-19-18-10(22-11)12(13,14)15/h7-8H,2-6H2,1H3. The van der Waals surface area contributed by atoms with Gasteiger partial charge in [0.25, 0.3) is 0 Å². The fourth-order valence-electron chi connectivity index (χ4n) is 2.61. The second-order valence-electron chi connectivity index (χ2n) is 5.12. The van der Waals surface area contributed by atoms with Gasteiger partial charge in [0.2, 0.25) is 10.1 Å². The van der Waals surface area contributed by atoms with Gasteiger partial charge in [0, 0.05) is 25.6 Å². The summed E-state index contributed by atoms with van der Waals surface area (Å²) in [4.78, 5) is 1.86. The molecule has 0 amide bonds. The smallest absolute Gasteiger partial charge is 0.347 e. The van der Waals surface area contributed by atoms with Crippen LogP contribution in [0.3, 0.4) is 0 Å². The molecule has 3 rings (SSSR count). The minimum Gasteiger partial charge on any atom is -0.347 e. The van der Waals surface area contributed by atoms with Crippen LogP contribution in [0, 0.1) is 0 Å². The first-order chi connectivity index (χ1) is 10.5. The summed E-state index contributed by atoms with van der Waals surface area (Å²) in [7, 11) is 0. The van der Waals surface area contributed by atoms with Crippen molar-refractivity contribution in [1.29, 1.82) is 0 Å². The molecule has 0 aliphatic carbocycles. The number of hydrogen-bond acceptors (Lipinski definition) is 6. The van der Waals surface area contributed by atoms with E-state index in [-0.39, 0.29) is 5.92 Å². The van der Waals surface area contributed by atoms with E-state index < -0.39 is 11.2 Å². The minimum absolute atomic E-state index is 0.286. The van der Waals surface area contributed by atoms with Crippen LogP contribution in [0.25, 0.3) is 0 Å². The summed E-state index contributed by atoms with van der Waals surface area (Å²) < 4.78 is 39.7. The molecule has 0 atom stereocenters. The van der Waals surface area contributed by atoms with Crippen molar-refractivity contribution >= 4 is 16.5 Å². The maximum absolute atomic E-state index is 12.6. The van der Waals surface area contributed by atoms with Crippen molar-refractivity contribution in [1.82, 2.24) is 25.0 Å². The Morgan fingerprint density at radius 3 is 2.55 bits per heavy atom. The summed E-state index contributed by atoms with van der Waals surface area (Å²) >= 11 is 0.598. The number of rotatable bonds is 3. The zero-order valence-electron chi connectivity index (χ0n) is 11.9. The van der Waals surface area contributed by atoms with E-state index in [1.54, 1.807) is 6.33 Å². The van der Waals surface area contributed by atoms with Crippen molar-refractivity contribution in [2.75, 3.05) is 18.0 Å². The van der Waals surface area contributed by atoms with Crippen LogP contribution in [0.5, 0.6) is 0 Å². The lowest BCUT2D eigenvalue weighted by atomic mass is 9.96. The molecule has 0 N–H and O–H groups in total. The zero-order chi connectivity index (χ0) is 15.7. The van der Waals surface area contributed by atoms with E-state index in [4.69, 9.17) is 0 Å². The predicted molar refractivity (Wildman–Crippen MR) is 74.8 cm³/mol. The van der Waals surface area contributed by atoms with Crippen molar-refractivity contribution in [3.63, 3.8) is 0 Å². The Bertz CT molecular complexity index is 629. The highest BCUT2D eigenvalue weighted by Crippen LogP contribution is 2.36. The van der Waals surface area contributed by atoms with Crippen molar-refractivity contribution in [2.24, 2.45) is 0 Å². The molecule has 1 aliphatic rings. The Morgan fingerprint density at radius 1 is 1.23 bits per heavy atom. The zero-order valence-corrected chi connectivity index (χ0v) is 12.7. The van der Waals surface area contributed by atoms with Crippen LogP contribution < -0.4 is 4.90 Å². The van der Waals surface area contributed by atoms with Gasteiger partial charge in [-0.05, 0) is 19.8 Å². The number of anilines is 1. The molecule has 1 aliphatic heterocycles. The lowest BCUT2D eigenvalue weighted by Gasteiger charge is -2.30. The number of aryl methyl sites for hydroxylation is 1. The molecule has 10 heteroatoms. The molecule has 22 heavy (non-hydrogen) atoms. The molecule has 3 heterocycles. The second-order valence-corrected chi connectivity index (χ2v) is 6.08. The summed E-state index contributed by atoms with van der Waals surface area (Å²) in [5.74, 6) is 1.24. The fraction of sp³-hybridized carbons (Fsp3) is 0.667. The molecule has 120 valence electrons. The topological polar surface area (TPSA) is 59.7 Å². The molecule has 0 spiro atoms. The van der Waals surface area contributed by atoms with Crippen LogP contribution in [0.1, 0.15) is 36.5 Å². The number of nitrogens with zero attached hydrogens (tertiary/aromatic N) is 6. The molecule has 2 aromatic rings. The Hall–Kier alpha value is -1.71. The normalized spacial score (nSPS) is 17.2. The Balaban J connectivity index is 1.66. The average Bonchev–Trinajstić information content (AvgIpc) is 3.16. The van der Waals surface area contributed by atoms with Gasteiger partial charge in [0.15, 0.2) is 0 Å². The van der Waals surface area contributed by atoms with E-state index in [0.717, 1.165) is 25.2 Å². The summed E-state index contributed by atoms with van der Waals surface area (Å²) in [6, 6.07) is 0. The van der Waals surface area contributed by atoms with E-state index in [1.165, 1.54) is 0 Å². The maximum atomic E-state index is 12.6. The molecule has 1 fully saturated rings. The molecule has 0 radical (unpaired) electrons. The second kappa shape index (κ2) is 5.82. The summed E-state index contributed by atoms with van der Waals surface area (Å²) in [5.41, 5.74) is 0. The van der Waals surface area contributed by atoms with Crippen molar-refractivity contribution in [2.45, 2.75) is 38.4 Å². The van der Waals surface area contributed by atoms with E-state index in [9.17, 15) is 13.2 Å². The number of aromatic nitrogens is 5. The third kappa shape index (κ3) is 2.92. The quantitative estimate of drug-likeness (QED) is 0.864. The van der Waals surface area contributed by atoms with Crippen LogP contribution in [0.2, 0.25) is 0 Å². The largest absolute Gasteiger partial charge is 0.445 e. The first-order valence-electron chi connectivity index (χ1n) is 7.02. The lowest BCUT2D eigenvalue weighted by molar-refractivity contribution is -0.138. The number of halogens is 3. The van der Waals surface area contributed by atoms with Gasteiger partial charge in [0.05, 0.1) is 0 Å². The van der Waals surface area contributed by atoms with Crippen LogP contribution in [0.15, 0.2) is 6.33 Å². The van der Waals surface area contributed by atoms with Gasteiger partial charge in [-0.2, -0.15) is 13.2 Å². The highest BCUT2D eigenvalue weighted by Gasteiger charge is 2.36. The molecule has 0 unspecified atom stereocenters. The maximum Gasteiger partial charge on any atom is 0.445 e. The van der Waals surface area contributed by atoms with E-state index in [0.29, 0.717) is 29.6 Å². The Morgan fingerprint density at radius 2 is 1.95 bits per heavy atom. The van der Waals surface area contributed by atoms with Gasteiger partial charge in [-0.3, -0.25) is 0 Å². The van der Waals surface area contributed by atoms with Crippen molar-refractivity contribution < 1.29 is 13.2 Å². The number of hydrogen-bond donors (Lipinski definition) is 0. The monoisotopic (exact) mass is 332 g/mol. The first kappa shape index (κ1) is 15.2. The van der Waals surface area contributed by atoms with Crippen LogP contribution in [-0.2, 0) is 12.7 Å². The van der Waals surface area contributed by atoms with Gasteiger partial charge < -0.3 is 9.47 Å². The van der Waals surface area contributed by atoms with Gasteiger partial charge >= 0.3 is 6.18 Å². The predicted octanol–water partition coefficient (Wildman–Crippen LogP) is 2.55. The molecule has 0 aromatic carbocycles. The summed E-state index contributed by atoms with van der Waals surface area (Å²) in [6.45, 7) is 4.14. The highest BCUT2D eigenvalue weighted by molar-refractivity contribution is 7.15. The van der Waals surface area contributed by atoms with Crippen LogP contribution >= 0.6 is 11.3 Å².